The van der Waals surface area contributed by atoms with Crippen LogP contribution in [0.2, 0.25) is 13.1 Å². The number of hydrogen-bond acceptors (Lipinski definition) is 0. The zero-order valence-corrected chi connectivity index (χ0v) is 26.4. The van der Waals surface area contributed by atoms with Gasteiger partial charge in [-0.3, -0.25) is 0 Å². The third-order valence-corrected chi connectivity index (χ3v) is 21.2. The second-order valence-electron chi connectivity index (χ2n) is 10.5. The summed E-state index contributed by atoms with van der Waals surface area (Å²) < 4.78 is 1.31. The quantitative estimate of drug-likeness (QED) is 0.321. The van der Waals surface area contributed by atoms with E-state index in [1.165, 1.54) is 33.4 Å². The molecule has 0 aromatic heterocycles. The van der Waals surface area contributed by atoms with Crippen LogP contribution in [-0.2, 0) is 16.6 Å². The van der Waals surface area contributed by atoms with E-state index in [1.54, 1.807) is 22.3 Å². The molecule has 2 unspecified atom stereocenters. The van der Waals surface area contributed by atoms with E-state index in [4.69, 9.17) is 0 Å². The first-order valence-corrected chi connectivity index (χ1v) is 19.6. The van der Waals surface area contributed by atoms with Crippen molar-refractivity contribution in [3.63, 3.8) is 0 Å². The number of halogens is 2. The zero-order valence-electron chi connectivity index (χ0n) is 22.3. The molecule has 0 bridgehead atoms. The maximum atomic E-state index is 2.59. The van der Waals surface area contributed by atoms with Crippen molar-refractivity contribution >= 4 is 18.3 Å². The van der Waals surface area contributed by atoms with Gasteiger partial charge in [0.1, 0.15) is 0 Å². The molecule has 0 nitrogen and oxygen atoms in total. The van der Waals surface area contributed by atoms with Gasteiger partial charge in [0.25, 0.3) is 0 Å². The van der Waals surface area contributed by atoms with E-state index in [9.17, 15) is 0 Å². The van der Waals surface area contributed by atoms with Crippen molar-refractivity contribution in [3.8, 4) is 22.3 Å². The molecule has 190 valence electrons. The predicted molar refractivity (Wildman–Crippen MR) is 154 cm³/mol. The summed E-state index contributed by atoms with van der Waals surface area (Å²) in [5.74, 6) is 0. The predicted octanol–water partition coefficient (Wildman–Crippen LogP) is 3.51. The summed E-state index contributed by atoms with van der Waals surface area (Å²) >= 11 is -1.58. The van der Waals surface area contributed by atoms with Crippen molar-refractivity contribution < 1.29 is 41.4 Å². The third-order valence-electron chi connectivity index (χ3n) is 7.89. The summed E-state index contributed by atoms with van der Waals surface area (Å²) in [7, 11) is 0. The summed E-state index contributed by atoms with van der Waals surface area (Å²) in [6.45, 7) is 9.98. The van der Waals surface area contributed by atoms with Crippen LogP contribution in [0.15, 0.2) is 108 Å². The summed E-state index contributed by atoms with van der Waals surface area (Å²) in [6, 6.07) is 36.1. The fraction of sp³-hybridized carbons (Fsp3) is 0.176. The van der Waals surface area contributed by atoms with E-state index in [1.807, 2.05) is 0 Å². The van der Waals surface area contributed by atoms with Crippen molar-refractivity contribution in [3.05, 3.63) is 130 Å². The fourth-order valence-electron chi connectivity index (χ4n) is 6.26. The van der Waals surface area contributed by atoms with E-state index < -0.39 is 22.8 Å². The minimum Gasteiger partial charge on any atom is -1.00 e. The Morgan fingerprint density at radius 3 is 1.29 bits per heavy atom. The SMILES string of the molecule is CC1=Cc2cc(-c3ccccc3)ccc2[CH]1[Ti+2]([CH]1C(C)=Cc2cc(-c3ccccc3)ccc21)=[Si](C)C.[Cl-].[Cl-]. The molecule has 2 aliphatic rings. The second kappa shape index (κ2) is 11.9. The second-order valence-corrected chi connectivity index (χ2v) is 22.8. The summed E-state index contributed by atoms with van der Waals surface area (Å²) in [5, 5.41) is 0. The largest absolute Gasteiger partial charge is 1.00 e. The molecular formula is C34H32Cl2SiTi. The molecule has 0 saturated carbocycles. The molecule has 0 aliphatic heterocycles. The van der Waals surface area contributed by atoms with Crippen molar-refractivity contribution in [2.24, 2.45) is 0 Å². The van der Waals surface area contributed by atoms with Crippen LogP contribution in [0, 0.1) is 0 Å². The molecule has 2 atom stereocenters. The minimum atomic E-state index is -1.58. The van der Waals surface area contributed by atoms with Crippen LogP contribution >= 0.6 is 0 Å². The van der Waals surface area contributed by atoms with Crippen molar-refractivity contribution in [1.82, 2.24) is 0 Å². The van der Waals surface area contributed by atoms with E-state index in [0.29, 0.717) is 8.45 Å². The van der Waals surface area contributed by atoms with Crippen LogP contribution in [0.5, 0.6) is 0 Å². The van der Waals surface area contributed by atoms with Crippen LogP contribution in [0.4, 0.5) is 0 Å². The molecule has 4 aromatic rings. The Kier molecular flexibility index (Phi) is 9.07. The fourth-order valence-corrected chi connectivity index (χ4v) is 20.2. The molecule has 0 saturated heterocycles. The standard InChI is InChI=1S/2C16H13.C2H6Si.2ClH.Ti/c2*1-12-9-14-7-8-15(11-16(14)10-12)13-5-3-2-4-6-13;1-3-2;;;/h2*2-11H,1H3;1-2H3;2*1H;/q;;;;;+2/p-2. The number of rotatable bonds is 4. The molecule has 2 aliphatic carbocycles. The first-order chi connectivity index (χ1) is 17.5. The van der Waals surface area contributed by atoms with E-state index in [0.717, 1.165) is 0 Å². The Hall–Kier alpha value is -2.13. The zero-order chi connectivity index (χ0) is 24.8. The first-order valence-electron chi connectivity index (χ1n) is 12.9. The Morgan fingerprint density at radius 1 is 0.526 bits per heavy atom. The molecule has 0 N–H and O–H groups in total. The molecule has 4 heteroatoms. The minimum absolute atomic E-state index is 0. The van der Waals surface area contributed by atoms with Crippen LogP contribution in [0.1, 0.15) is 44.5 Å². The van der Waals surface area contributed by atoms with Gasteiger partial charge in [-0.25, -0.2) is 0 Å². The smallest absolute Gasteiger partial charge is 1.00 e. The van der Waals surface area contributed by atoms with Gasteiger partial charge in [0.05, 0.1) is 0 Å². The number of benzene rings is 4. The Bertz CT molecular complexity index is 1450. The van der Waals surface area contributed by atoms with Gasteiger partial charge in [0, 0.05) is 0 Å². The summed E-state index contributed by atoms with van der Waals surface area (Å²) in [6.07, 6.45) is 4.57. The average Bonchev–Trinajstić information content (AvgIpc) is 3.40. The van der Waals surface area contributed by atoms with Crippen molar-refractivity contribution in [2.75, 3.05) is 0 Å². The van der Waals surface area contributed by atoms with Gasteiger partial charge in [0.15, 0.2) is 0 Å². The van der Waals surface area contributed by atoms with Gasteiger partial charge in [-0.2, -0.15) is 0 Å². The van der Waals surface area contributed by atoms with E-state index in [-0.39, 0.29) is 24.8 Å². The van der Waals surface area contributed by atoms with Gasteiger partial charge < -0.3 is 24.8 Å². The van der Waals surface area contributed by atoms with E-state index in [2.05, 4.69) is 136 Å². The molecule has 4 aromatic carbocycles. The normalized spacial score (nSPS) is 16.6. The number of allylic oxidation sites excluding steroid dienone is 2. The van der Waals surface area contributed by atoms with Crippen molar-refractivity contribution in [2.45, 2.75) is 35.4 Å². The molecule has 6 rings (SSSR count). The summed E-state index contributed by atoms with van der Waals surface area (Å²) in [5.41, 5.74) is 14.5. The van der Waals surface area contributed by atoms with Crippen LogP contribution < -0.4 is 24.8 Å². The van der Waals surface area contributed by atoms with Crippen LogP contribution in [0.3, 0.4) is 0 Å². The molecule has 0 fully saturated rings. The van der Waals surface area contributed by atoms with Gasteiger partial charge in [-0.05, 0) is 0 Å². The van der Waals surface area contributed by atoms with Gasteiger partial charge in [-0.1, -0.05) is 0 Å². The molecule has 0 heterocycles. The Morgan fingerprint density at radius 2 is 0.921 bits per heavy atom. The van der Waals surface area contributed by atoms with Gasteiger partial charge in [-0.15, -0.1) is 0 Å². The third kappa shape index (κ3) is 5.20. The van der Waals surface area contributed by atoms with Gasteiger partial charge >= 0.3 is 223 Å². The first kappa shape index (κ1) is 28.9. The molecule has 0 spiro atoms. The maximum Gasteiger partial charge on any atom is -1.00 e. The number of fused-ring (bicyclic) bond motifs is 2. The Balaban J connectivity index is 0.00000168. The molecule has 0 amide bonds. The summed E-state index contributed by atoms with van der Waals surface area (Å²) in [4.78, 5) is 0. The molecular weight excluding hydrogens is 555 g/mol. The topological polar surface area (TPSA) is 0 Å². The average molecular weight is 587 g/mol. The van der Waals surface area contributed by atoms with Crippen molar-refractivity contribution in [1.29, 1.82) is 0 Å². The Labute approximate surface area is 246 Å². The molecule has 0 radical (unpaired) electrons. The van der Waals surface area contributed by atoms with Crippen LogP contribution in [-0.4, -0.2) is 6.19 Å². The monoisotopic (exact) mass is 586 g/mol. The number of hydrogen-bond donors (Lipinski definition) is 0. The van der Waals surface area contributed by atoms with Crippen LogP contribution in [0.25, 0.3) is 34.4 Å². The maximum absolute atomic E-state index is 2.59. The van der Waals surface area contributed by atoms with Gasteiger partial charge in [0.2, 0.25) is 0 Å². The molecule has 38 heavy (non-hydrogen) atoms. The van der Waals surface area contributed by atoms with E-state index >= 15 is 0 Å².